The van der Waals surface area contributed by atoms with E-state index in [-0.39, 0.29) is 53.8 Å². The van der Waals surface area contributed by atoms with Gasteiger partial charge in [-0.25, -0.2) is 0 Å². The summed E-state index contributed by atoms with van der Waals surface area (Å²) in [5.74, 6) is 0. The SMILES string of the molecule is CCO.CI.CN(C)c1ccc2c(=O)c3ccc(N)cc3oc2c1.CN(C)c1ccc2c(=O)c3ccc([N+](=O)[O-])cc3oc2c1.Nc1ccc2c(=O)c3ccc([N+](=O)[O-])cc3oc2c1.[B].[Cl][Sn][Cl]. The van der Waals surface area contributed by atoms with Gasteiger partial charge in [-0.1, -0.05) is 22.6 Å². The summed E-state index contributed by atoms with van der Waals surface area (Å²) in [5, 5.41) is 31.7. The number of alkyl halides is 1. The van der Waals surface area contributed by atoms with Crippen molar-refractivity contribution in [3.8, 4) is 0 Å². The van der Waals surface area contributed by atoms with Gasteiger partial charge in [0.2, 0.25) is 16.3 Å². The molecule has 0 spiro atoms. The van der Waals surface area contributed by atoms with Crippen molar-refractivity contribution in [1.29, 1.82) is 0 Å². The fourth-order valence-electron chi connectivity index (χ4n) is 6.33. The Hall–Kier alpha value is -6.14. The quantitative estimate of drug-likeness (QED) is 0.0282. The van der Waals surface area contributed by atoms with Crippen molar-refractivity contribution in [2.24, 2.45) is 0 Å². The number of nitrogen functional groups attached to an aromatic ring is 2. The summed E-state index contributed by atoms with van der Waals surface area (Å²) in [4.78, 5) is 63.3. The first kappa shape index (κ1) is 56.2. The molecule has 0 aliphatic rings. The van der Waals surface area contributed by atoms with Crippen LogP contribution in [0.2, 0.25) is 0 Å². The molecule has 0 amide bonds. The van der Waals surface area contributed by atoms with Crippen LogP contribution in [0.15, 0.2) is 137 Å². The van der Waals surface area contributed by atoms with E-state index in [1.165, 1.54) is 42.5 Å². The molecule has 3 aromatic heterocycles. The summed E-state index contributed by atoms with van der Waals surface area (Å²) in [6.45, 7) is 1.93. The first-order valence-electron chi connectivity index (χ1n) is 19.5. The Labute approximate surface area is 420 Å². The number of nitro groups is 2. The van der Waals surface area contributed by atoms with Crippen molar-refractivity contribution in [1.82, 2.24) is 0 Å². The Bertz CT molecular complexity index is 3430. The van der Waals surface area contributed by atoms with Gasteiger partial charge < -0.3 is 39.6 Å². The minimum atomic E-state index is -0.826. The molecule has 3 heterocycles. The molecule has 0 saturated heterocycles. The number of halogens is 3. The van der Waals surface area contributed by atoms with Gasteiger partial charge in [0.15, 0.2) is 0 Å². The van der Waals surface area contributed by atoms with Crippen LogP contribution in [0.25, 0.3) is 65.8 Å². The van der Waals surface area contributed by atoms with Gasteiger partial charge in [0.05, 0.1) is 54.3 Å². The number of anilines is 4. The summed E-state index contributed by atoms with van der Waals surface area (Å²) in [5.41, 5.74) is 15.8. The average Bonchev–Trinajstić information content (AvgIpc) is 3.30. The van der Waals surface area contributed by atoms with Gasteiger partial charge in [-0.15, -0.1) is 0 Å². The van der Waals surface area contributed by atoms with E-state index >= 15 is 0 Å². The molecule has 351 valence electrons. The van der Waals surface area contributed by atoms with Crippen LogP contribution in [-0.4, -0.2) is 82.0 Å². The molecule has 0 unspecified atom stereocenters. The van der Waals surface area contributed by atoms with Gasteiger partial charge in [0, 0.05) is 102 Å². The van der Waals surface area contributed by atoms with Crippen molar-refractivity contribution >= 4 is 168 Å². The predicted octanol–water partition coefficient (Wildman–Crippen LogP) is 9.62. The third-order valence-corrected chi connectivity index (χ3v) is 9.45. The first-order valence-corrected chi connectivity index (χ1v) is 28.9. The zero-order valence-electron chi connectivity index (χ0n) is 37.3. The molecular weight excluding hydrogens is 1140 g/mol. The van der Waals surface area contributed by atoms with Crippen molar-refractivity contribution in [2.45, 2.75) is 6.92 Å². The summed E-state index contributed by atoms with van der Waals surface area (Å²) in [6.07, 6.45) is 0. The number of hydrogen-bond acceptors (Lipinski definition) is 15. The maximum absolute atomic E-state index is 12.4. The van der Waals surface area contributed by atoms with Gasteiger partial charge in [0.25, 0.3) is 11.4 Å². The Morgan fingerprint density at radius 2 is 0.779 bits per heavy atom. The van der Waals surface area contributed by atoms with Crippen LogP contribution in [-0.2, 0) is 0 Å². The van der Waals surface area contributed by atoms with Crippen molar-refractivity contribution in [3.63, 3.8) is 0 Å². The molecule has 5 radical (unpaired) electrons. The zero-order chi connectivity index (χ0) is 49.7. The Morgan fingerprint density at radius 3 is 1.04 bits per heavy atom. The van der Waals surface area contributed by atoms with Gasteiger partial charge in [-0.2, -0.15) is 0 Å². The number of aliphatic hydroxyl groups is 1. The number of nitrogens with zero attached hydrogens (tertiary/aromatic N) is 4. The second-order valence-electron chi connectivity index (χ2n) is 14.2. The molecule has 68 heavy (non-hydrogen) atoms. The number of fused-ring (bicyclic) bond motifs is 6. The number of non-ortho nitro benzene ring substituents is 2. The van der Waals surface area contributed by atoms with Crippen molar-refractivity contribution in [3.05, 3.63) is 160 Å². The fraction of sp³-hybridized carbons (Fsp3) is 0.152. The van der Waals surface area contributed by atoms with E-state index in [2.05, 4.69) is 22.6 Å². The number of aliphatic hydroxyl groups excluding tert-OH is 1. The molecule has 0 aliphatic heterocycles. The first-order chi connectivity index (χ1) is 31.9. The standard InChI is InChI=1S/C15H12N2O4.C15H14N2O2.C13H8N2O4.C2H6O.CH3I.B.2ClH.Sn/c1-16(2)9-3-5-11-13(7-9)21-14-8-10(17(19)20)4-6-12(14)15(11)18;1-17(2)10-4-6-12-14(8-10)19-13-7-9(16)3-5-11(13)15(12)18;14-7-1-3-9-11(5-7)19-12-6-8(15(17)18)2-4-10(12)13(9)16;1-2-3;1-2;;;;/h3-8H,1-2H3;3-8H,16H2,1-2H3;1-6H,14H2;3H,2H2,1H3;1H3;;2*1H;/q;;;;;;;;+2/p-2. The molecule has 0 aliphatic carbocycles. The minimum absolute atomic E-state index is 0. The summed E-state index contributed by atoms with van der Waals surface area (Å²) >= 11 is 1.32. The summed E-state index contributed by atoms with van der Waals surface area (Å²) in [6, 6.07) is 28.6. The third-order valence-electron chi connectivity index (χ3n) is 9.45. The molecule has 22 heteroatoms. The number of nitro benzene ring substituents is 2. The maximum atomic E-state index is 12.4. The molecule has 0 fully saturated rings. The number of hydrogen-bond donors (Lipinski definition) is 3. The molecule has 0 saturated carbocycles. The van der Waals surface area contributed by atoms with Gasteiger partial charge in [-0.3, -0.25) is 34.6 Å². The van der Waals surface area contributed by atoms with Gasteiger partial charge in [-0.05, 0) is 72.5 Å². The number of benzene rings is 6. The summed E-state index contributed by atoms with van der Waals surface area (Å²) < 4.78 is 17.0. The van der Waals surface area contributed by atoms with Crippen LogP contribution in [0.3, 0.4) is 0 Å². The van der Waals surface area contributed by atoms with E-state index in [1.807, 2.05) is 61.1 Å². The monoisotopic (exact) mass is 1180 g/mol. The van der Waals surface area contributed by atoms with Gasteiger partial charge in [0.1, 0.15) is 33.5 Å². The van der Waals surface area contributed by atoms with Gasteiger partial charge >= 0.3 is 36.7 Å². The second kappa shape index (κ2) is 25.8. The molecule has 9 rings (SSSR count). The van der Waals surface area contributed by atoms with Crippen LogP contribution >= 0.6 is 40.4 Å². The fourth-order valence-corrected chi connectivity index (χ4v) is 6.33. The molecule has 5 N–H and O–H groups in total. The topological polar surface area (TPSA) is 256 Å². The Kier molecular flexibility index (Phi) is 21.4. The van der Waals surface area contributed by atoms with Crippen LogP contribution in [0.5, 0.6) is 0 Å². The van der Waals surface area contributed by atoms with Crippen molar-refractivity contribution < 1.29 is 28.2 Å². The molecule has 17 nitrogen and oxygen atoms in total. The zero-order valence-corrected chi connectivity index (χ0v) is 43.8. The molecule has 6 aromatic carbocycles. The van der Waals surface area contributed by atoms with E-state index in [4.69, 9.17) is 47.7 Å². The van der Waals surface area contributed by atoms with E-state index in [0.717, 1.165) is 11.4 Å². The number of rotatable bonds is 4. The van der Waals surface area contributed by atoms with E-state index in [1.54, 1.807) is 55.5 Å². The molecule has 0 atom stereocenters. The predicted molar refractivity (Wildman–Crippen MR) is 287 cm³/mol. The summed E-state index contributed by atoms with van der Waals surface area (Å²) in [7, 11) is 17.5. The average molecular weight is 1180 g/mol. The molecule has 0 bridgehead atoms. The second-order valence-corrected chi connectivity index (χ2v) is 18.5. The molecule has 9 aromatic rings. The van der Waals surface area contributed by atoms with E-state index < -0.39 is 28.7 Å². The third kappa shape index (κ3) is 13.5. The number of nitrogens with two attached hydrogens (primary N) is 2. The molecular formula is C46H43BCl2IN6O11Sn. The normalized spacial score (nSPS) is 10.1. The van der Waals surface area contributed by atoms with Crippen LogP contribution in [0.1, 0.15) is 6.92 Å². The van der Waals surface area contributed by atoms with Crippen LogP contribution in [0.4, 0.5) is 34.1 Å². The van der Waals surface area contributed by atoms with E-state index in [9.17, 15) is 34.6 Å². The van der Waals surface area contributed by atoms with E-state index in [0.29, 0.717) is 66.0 Å². The Morgan fingerprint density at radius 1 is 0.544 bits per heavy atom. The Balaban J connectivity index is 0.000000249. The van der Waals surface area contributed by atoms with Crippen LogP contribution in [0, 0.1) is 20.2 Å². The van der Waals surface area contributed by atoms with Crippen LogP contribution < -0.4 is 37.6 Å². The van der Waals surface area contributed by atoms with Crippen molar-refractivity contribution in [2.75, 3.05) is 61.0 Å².